The van der Waals surface area contributed by atoms with E-state index in [1.807, 2.05) is 19.9 Å². The summed E-state index contributed by atoms with van der Waals surface area (Å²) in [7, 11) is -3.43. The molecule has 0 fully saturated rings. The number of ether oxygens (including phenoxy) is 1. The molecule has 0 saturated heterocycles. The molecule has 1 aromatic carbocycles. The van der Waals surface area contributed by atoms with Gasteiger partial charge in [0.05, 0.1) is 11.0 Å². The molecule has 1 aromatic rings. The van der Waals surface area contributed by atoms with E-state index in [1.54, 1.807) is 12.1 Å². The smallest absolute Gasteiger partial charge is 0.240 e. The number of sulfonamides is 1. The van der Waals surface area contributed by atoms with E-state index >= 15 is 0 Å². The predicted octanol–water partition coefficient (Wildman–Crippen LogP) is 2.14. The maximum absolute atomic E-state index is 12.2. The largest absolute Gasteiger partial charge is 0.382 e. The standard InChI is InChI=1S/C15H24N2O3S/c1-11(2)20-8-4-7-16-21(18,19)14-5-6-15-13(10-14)9-12(3)17-15/h5-6,10-12,16-17H,4,7-9H2,1-3H3/t12-/m1/s1. The molecule has 0 amide bonds. The molecule has 0 unspecified atom stereocenters. The third kappa shape index (κ3) is 4.43. The van der Waals surface area contributed by atoms with Gasteiger partial charge in [0.25, 0.3) is 0 Å². The molecule has 21 heavy (non-hydrogen) atoms. The maximum atomic E-state index is 12.2. The minimum atomic E-state index is -3.43. The summed E-state index contributed by atoms with van der Waals surface area (Å²) in [5, 5.41) is 3.31. The van der Waals surface area contributed by atoms with Crippen molar-refractivity contribution in [1.82, 2.24) is 4.72 Å². The Morgan fingerprint density at radius 3 is 2.90 bits per heavy atom. The first-order chi connectivity index (χ1) is 9.88. The van der Waals surface area contributed by atoms with Gasteiger partial charge in [-0.15, -0.1) is 0 Å². The first-order valence-electron chi connectivity index (χ1n) is 7.39. The number of hydrogen-bond acceptors (Lipinski definition) is 4. The van der Waals surface area contributed by atoms with Crippen molar-refractivity contribution in [1.29, 1.82) is 0 Å². The summed E-state index contributed by atoms with van der Waals surface area (Å²) in [4.78, 5) is 0.335. The fourth-order valence-corrected chi connectivity index (χ4v) is 3.50. The number of nitrogens with one attached hydrogen (secondary N) is 2. The van der Waals surface area contributed by atoms with Crippen LogP contribution in [0, 0.1) is 0 Å². The van der Waals surface area contributed by atoms with E-state index in [9.17, 15) is 8.42 Å². The van der Waals surface area contributed by atoms with Crippen LogP contribution in [-0.4, -0.2) is 33.7 Å². The van der Waals surface area contributed by atoms with Crippen molar-refractivity contribution in [3.63, 3.8) is 0 Å². The third-order valence-corrected chi connectivity index (χ3v) is 4.84. The summed E-state index contributed by atoms with van der Waals surface area (Å²) in [6.07, 6.45) is 1.70. The Labute approximate surface area is 127 Å². The molecule has 1 heterocycles. The molecule has 0 saturated carbocycles. The molecule has 0 spiro atoms. The lowest BCUT2D eigenvalue weighted by molar-refractivity contribution is 0.0778. The van der Waals surface area contributed by atoms with E-state index in [0.717, 1.165) is 17.7 Å². The number of benzene rings is 1. The predicted molar refractivity (Wildman–Crippen MR) is 84.1 cm³/mol. The minimum absolute atomic E-state index is 0.174. The fraction of sp³-hybridized carbons (Fsp3) is 0.600. The highest BCUT2D eigenvalue weighted by molar-refractivity contribution is 7.89. The van der Waals surface area contributed by atoms with Gasteiger partial charge in [-0.05, 0) is 57.4 Å². The van der Waals surface area contributed by atoms with Gasteiger partial charge < -0.3 is 10.1 Å². The average Bonchev–Trinajstić information content (AvgIpc) is 2.76. The van der Waals surface area contributed by atoms with Gasteiger partial charge >= 0.3 is 0 Å². The van der Waals surface area contributed by atoms with Crippen molar-refractivity contribution in [2.75, 3.05) is 18.5 Å². The topological polar surface area (TPSA) is 67.4 Å². The van der Waals surface area contributed by atoms with Crippen molar-refractivity contribution in [3.8, 4) is 0 Å². The molecule has 6 heteroatoms. The van der Waals surface area contributed by atoms with Crippen LogP contribution < -0.4 is 10.0 Å². The summed E-state index contributed by atoms with van der Waals surface area (Å²) in [6, 6.07) is 5.62. The van der Waals surface area contributed by atoms with Crippen LogP contribution in [0.1, 0.15) is 32.8 Å². The van der Waals surface area contributed by atoms with Gasteiger partial charge in [0.15, 0.2) is 0 Å². The molecule has 2 rings (SSSR count). The monoisotopic (exact) mass is 312 g/mol. The summed E-state index contributed by atoms with van der Waals surface area (Å²) in [5.41, 5.74) is 2.10. The first kappa shape index (κ1) is 16.3. The molecular formula is C15H24N2O3S. The van der Waals surface area contributed by atoms with Crippen LogP contribution in [0.3, 0.4) is 0 Å². The van der Waals surface area contributed by atoms with Crippen molar-refractivity contribution in [2.45, 2.75) is 50.7 Å². The van der Waals surface area contributed by atoms with E-state index in [-0.39, 0.29) is 6.10 Å². The van der Waals surface area contributed by atoms with Crippen LogP contribution in [0.2, 0.25) is 0 Å². The highest BCUT2D eigenvalue weighted by Gasteiger charge is 2.20. The quantitative estimate of drug-likeness (QED) is 0.757. The van der Waals surface area contributed by atoms with E-state index < -0.39 is 10.0 Å². The minimum Gasteiger partial charge on any atom is -0.382 e. The van der Waals surface area contributed by atoms with Crippen LogP contribution >= 0.6 is 0 Å². The summed E-state index contributed by atoms with van der Waals surface area (Å²) >= 11 is 0. The molecule has 0 bridgehead atoms. The average molecular weight is 312 g/mol. The molecule has 0 aliphatic carbocycles. The first-order valence-corrected chi connectivity index (χ1v) is 8.87. The van der Waals surface area contributed by atoms with E-state index in [4.69, 9.17) is 4.74 Å². The van der Waals surface area contributed by atoms with E-state index in [1.165, 1.54) is 0 Å². The molecule has 5 nitrogen and oxygen atoms in total. The number of fused-ring (bicyclic) bond motifs is 1. The second kappa shape index (κ2) is 6.77. The van der Waals surface area contributed by atoms with Gasteiger partial charge in [-0.3, -0.25) is 0 Å². The summed E-state index contributed by atoms with van der Waals surface area (Å²) < 4.78 is 32.5. The Morgan fingerprint density at radius 1 is 1.43 bits per heavy atom. The molecule has 2 N–H and O–H groups in total. The Kier molecular flexibility index (Phi) is 5.24. The SMILES string of the molecule is CC(C)OCCCNS(=O)(=O)c1ccc2c(c1)C[C@@H](C)N2. The Balaban J connectivity index is 1.93. The highest BCUT2D eigenvalue weighted by atomic mass is 32.2. The van der Waals surface area contributed by atoms with Crippen LogP contribution in [-0.2, 0) is 21.2 Å². The van der Waals surface area contributed by atoms with E-state index in [0.29, 0.717) is 30.5 Å². The van der Waals surface area contributed by atoms with Gasteiger partial charge in [0.2, 0.25) is 10.0 Å². The lowest BCUT2D eigenvalue weighted by atomic mass is 10.1. The van der Waals surface area contributed by atoms with Crippen LogP contribution in [0.15, 0.2) is 23.1 Å². The van der Waals surface area contributed by atoms with Gasteiger partial charge in [-0.1, -0.05) is 0 Å². The third-order valence-electron chi connectivity index (χ3n) is 3.38. The number of anilines is 1. The Morgan fingerprint density at radius 2 is 2.19 bits per heavy atom. The second-order valence-corrected chi connectivity index (χ2v) is 7.51. The fourth-order valence-electron chi connectivity index (χ4n) is 2.37. The second-order valence-electron chi connectivity index (χ2n) is 5.74. The molecule has 0 radical (unpaired) electrons. The van der Waals surface area contributed by atoms with Gasteiger partial charge in [-0.25, -0.2) is 13.1 Å². The molecular weight excluding hydrogens is 288 g/mol. The zero-order valence-corrected chi connectivity index (χ0v) is 13.7. The number of hydrogen-bond donors (Lipinski definition) is 2. The van der Waals surface area contributed by atoms with E-state index in [2.05, 4.69) is 17.0 Å². The molecule has 1 aliphatic heterocycles. The maximum Gasteiger partial charge on any atom is 0.240 e. The lowest BCUT2D eigenvalue weighted by Gasteiger charge is -2.10. The zero-order valence-electron chi connectivity index (χ0n) is 12.8. The lowest BCUT2D eigenvalue weighted by Crippen LogP contribution is -2.26. The van der Waals surface area contributed by atoms with Crippen molar-refractivity contribution >= 4 is 15.7 Å². The van der Waals surface area contributed by atoms with Crippen molar-refractivity contribution in [3.05, 3.63) is 23.8 Å². The number of rotatable bonds is 7. The molecule has 118 valence electrons. The molecule has 1 aliphatic rings. The van der Waals surface area contributed by atoms with Crippen molar-refractivity contribution in [2.24, 2.45) is 0 Å². The Hall–Kier alpha value is -1.11. The molecule has 1 atom stereocenters. The highest BCUT2D eigenvalue weighted by Crippen LogP contribution is 2.27. The normalized spacial score (nSPS) is 17.8. The van der Waals surface area contributed by atoms with Crippen molar-refractivity contribution < 1.29 is 13.2 Å². The van der Waals surface area contributed by atoms with Crippen LogP contribution in [0.5, 0.6) is 0 Å². The Bertz CT molecular complexity index is 585. The van der Waals surface area contributed by atoms with Gasteiger partial charge in [-0.2, -0.15) is 0 Å². The van der Waals surface area contributed by atoms with Crippen LogP contribution in [0.4, 0.5) is 5.69 Å². The van der Waals surface area contributed by atoms with Crippen LogP contribution in [0.25, 0.3) is 0 Å². The zero-order chi connectivity index (χ0) is 15.5. The molecule has 0 aromatic heterocycles. The summed E-state index contributed by atoms with van der Waals surface area (Å²) in [5.74, 6) is 0. The summed E-state index contributed by atoms with van der Waals surface area (Å²) in [6.45, 7) is 6.96. The van der Waals surface area contributed by atoms with Gasteiger partial charge in [0, 0.05) is 24.9 Å². The van der Waals surface area contributed by atoms with Gasteiger partial charge in [0.1, 0.15) is 0 Å².